The molecule has 0 saturated carbocycles. The molecule has 0 aliphatic carbocycles. The number of hydrogen-bond acceptors (Lipinski definition) is 4. The van der Waals surface area contributed by atoms with Crippen LogP contribution < -0.4 is 5.32 Å². The number of pyridine rings is 1. The number of carbonyl (C=O) groups is 2. The molecule has 0 aliphatic heterocycles. The van der Waals surface area contributed by atoms with Crippen LogP contribution >= 0.6 is 0 Å². The minimum atomic E-state index is -0.451. The van der Waals surface area contributed by atoms with E-state index in [-0.39, 0.29) is 19.1 Å². The second-order valence-corrected chi connectivity index (χ2v) is 4.50. The van der Waals surface area contributed by atoms with Gasteiger partial charge in [-0.2, -0.15) is 0 Å². The molecule has 0 aliphatic rings. The summed E-state index contributed by atoms with van der Waals surface area (Å²) in [7, 11) is 0. The van der Waals surface area contributed by atoms with Crippen LogP contribution in [0, 0.1) is 6.92 Å². The molecule has 0 radical (unpaired) electrons. The van der Waals surface area contributed by atoms with Gasteiger partial charge in [-0.25, -0.2) is 4.79 Å². The summed E-state index contributed by atoms with van der Waals surface area (Å²) < 4.78 is 5.04. The first kappa shape index (κ1) is 14.7. The molecule has 1 aromatic carbocycles. The molecule has 2 rings (SSSR count). The van der Waals surface area contributed by atoms with Crippen LogP contribution in [0.25, 0.3) is 0 Å². The first-order valence-electron chi connectivity index (χ1n) is 6.59. The van der Waals surface area contributed by atoms with E-state index in [4.69, 9.17) is 4.74 Å². The summed E-state index contributed by atoms with van der Waals surface area (Å²) >= 11 is 0. The number of amides is 1. The maximum Gasteiger partial charge on any atom is 0.339 e. The van der Waals surface area contributed by atoms with E-state index >= 15 is 0 Å². The third kappa shape index (κ3) is 4.42. The lowest BCUT2D eigenvalue weighted by molar-refractivity contribution is 0.0502. The Morgan fingerprint density at radius 3 is 2.57 bits per heavy atom. The quantitative estimate of drug-likeness (QED) is 0.673. The third-order valence-electron chi connectivity index (χ3n) is 2.83. The molecule has 1 amide bonds. The van der Waals surface area contributed by atoms with E-state index in [0.717, 1.165) is 5.56 Å². The van der Waals surface area contributed by atoms with Crippen molar-refractivity contribution in [1.82, 2.24) is 10.3 Å². The summed E-state index contributed by atoms with van der Waals surface area (Å²) in [5, 5.41) is 2.69. The lowest BCUT2D eigenvalue weighted by atomic mass is 10.1. The van der Waals surface area contributed by atoms with E-state index < -0.39 is 5.97 Å². The van der Waals surface area contributed by atoms with Gasteiger partial charge < -0.3 is 10.1 Å². The lowest BCUT2D eigenvalue weighted by Crippen LogP contribution is -2.28. The zero-order chi connectivity index (χ0) is 15.1. The van der Waals surface area contributed by atoms with Crippen LogP contribution in [-0.4, -0.2) is 30.0 Å². The second kappa shape index (κ2) is 7.19. The average Bonchev–Trinajstić information content (AvgIpc) is 2.52. The van der Waals surface area contributed by atoms with Gasteiger partial charge in [0.15, 0.2) is 0 Å². The Kier molecular flexibility index (Phi) is 5.04. The number of nitrogens with zero attached hydrogens (tertiary/aromatic N) is 1. The molecule has 0 spiro atoms. The van der Waals surface area contributed by atoms with Crippen molar-refractivity contribution in [3.05, 3.63) is 65.5 Å². The normalized spacial score (nSPS) is 9.95. The number of carbonyl (C=O) groups excluding carboxylic acids is 2. The molecular weight excluding hydrogens is 268 g/mol. The van der Waals surface area contributed by atoms with Crippen LogP contribution in [0.3, 0.4) is 0 Å². The fourth-order valence-corrected chi connectivity index (χ4v) is 1.68. The fraction of sp³-hybridized carbons (Fsp3) is 0.188. The first-order valence-corrected chi connectivity index (χ1v) is 6.59. The zero-order valence-corrected chi connectivity index (χ0v) is 11.7. The highest BCUT2D eigenvalue weighted by atomic mass is 16.5. The van der Waals surface area contributed by atoms with Crippen LogP contribution in [-0.2, 0) is 4.74 Å². The minimum Gasteiger partial charge on any atom is -0.460 e. The van der Waals surface area contributed by atoms with E-state index in [1.807, 2.05) is 19.1 Å². The molecular formula is C16H16N2O3. The Morgan fingerprint density at radius 2 is 1.90 bits per heavy atom. The highest BCUT2D eigenvalue weighted by Crippen LogP contribution is 2.02. The molecule has 0 bridgehead atoms. The van der Waals surface area contributed by atoms with Gasteiger partial charge in [0.05, 0.1) is 12.1 Å². The first-order chi connectivity index (χ1) is 10.2. The summed E-state index contributed by atoms with van der Waals surface area (Å²) in [6.45, 7) is 2.34. The molecule has 1 aromatic heterocycles. The number of ether oxygens (including phenoxy) is 1. The monoisotopic (exact) mass is 284 g/mol. The molecule has 0 atom stereocenters. The molecule has 5 heteroatoms. The Labute approximate surface area is 123 Å². The van der Waals surface area contributed by atoms with Crippen LogP contribution in [0.15, 0.2) is 48.8 Å². The minimum absolute atomic E-state index is 0.116. The average molecular weight is 284 g/mol. The third-order valence-corrected chi connectivity index (χ3v) is 2.83. The van der Waals surface area contributed by atoms with Crippen molar-refractivity contribution < 1.29 is 14.3 Å². The topological polar surface area (TPSA) is 68.3 Å². The van der Waals surface area contributed by atoms with Gasteiger partial charge >= 0.3 is 5.97 Å². The van der Waals surface area contributed by atoms with E-state index in [9.17, 15) is 9.59 Å². The number of esters is 1. The van der Waals surface area contributed by atoms with Gasteiger partial charge in [0.2, 0.25) is 0 Å². The summed E-state index contributed by atoms with van der Waals surface area (Å²) in [6, 6.07) is 10.5. The van der Waals surface area contributed by atoms with Gasteiger partial charge in [-0.3, -0.25) is 9.78 Å². The van der Waals surface area contributed by atoms with Gasteiger partial charge in [0.1, 0.15) is 6.61 Å². The van der Waals surface area contributed by atoms with Crippen molar-refractivity contribution >= 4 is 11.9 Å². The van der Waals surface area contributed by atoms with E-state index in [1.54, 1.807) is 30.5 Å². The van der Waals surface area contributed by atoms with Crippen LogP contribution in [0.5, 0.6) is 0 Å². The fourth-order valence-electron chi connectivity index (χ4n) is 1.68. The van der Waals surface area contributed by atoms with Gasteiger partial charge in [0, 0.05) is 18.0 Å². The van der Waals surface area contributed by atoms with Gasteiger partial charge in [-0.1, -0.05) is 17.7 Å². The SMILES string of the molecule is Cc1ccc(C(=O)NCCOC(=O)c2cccnc2)cc1. The lowest BCUT2D eigenvalue weighted by Gasteiger charge is -2.07. The molecule has 0 fully saturated rings. The zero-order valence-electron chi connectivity index (χ0n) is 11.7. The number of rotatable bonds is 5. The summed E-state index contributed by atoms with van der Waals surface area (Å²) in [6.07, 6.45) is 3.02. The number of nitrogens with one attached hydrogen (secondary N) is 1. The van der Waals surface area contributed by atoms with Crippen molar-refractivity contribution in [1.29, 1.82) is 0 Å². The highest BCUT2D eigenvalue weighted by Gasteiger charge is 2.07. The van der Waals surface area contributed by atoms with E-state index in [0.29, 0.717) is 11.1 Å². The molecule has 5 nitrogen and oxygen atoms in total. The largest absolute Gasteiger partial charge is 0.460 e. The predicted molar refractivity (Wildman–Crippen MR) is 78.0 cm³/mol. The number of aryl methyl sites for hydroxylation is 1. The molecule has 0 unspecified atom stereocenters. The van der Waals surface area contributed by atoms with Gasteiger partial charge in [-0.05, 0) is 31.2 Å². The molecule has 1 N–H and O–H groups in total. The van der Waals surface area contributed by atoms with Crippen LogP contribution in [0.2, 0.25) is 0 Å². The molecule has 21 heavy (non-hydrogen) atoms. The highest BCUT2D eigenvalue weighted by molar-refractivity contribution is 5.94. The number of aromatic nitrogens is 1. The summed E-state index contributed by atoms with van der Waals surface area (Å²) in [5.74, 6) is -0.639. The van der Waals surface area contributed by atoms with Crippen molar-refractivity contribution in [3.8, 4) is 0 Å². The Balaban J connectivity index is 1.73. The van der Waals surface area contributed by atoms with E-state index in [1.165, 1.54) is 6.20 Å². The van der Waals surface area contributed by atoms with E-state index in [2.05, 4.69) is 10.3 Å². The maximum absolute atomic E-state index is 11.8. The Bertz CT molecular complexity index is 609. The summed E-state index contributed by atoms with van der Waals surface area (Å²) in [5.41, 5.74) is 2.07. The Morgan fingerprint density at radius 1 is 1.14 bits per heavy atom. The molecule has 2 aromatic rings. The van der Waals surface area contributed by atoms with Gasteiger partial charge in [0.25, 0.3) is 5.91 Å². The maximum atomic E-state index is 11.8. The van der Waals surface area contributed by atoms with Crippen molar-refractivity contribution in [2.45, 2.75) is 6.92 Å². The van der Waals surface area contributed by atoms with Crippen molar-refractivity contribution in [3.63, 3.8) is 0 Å². The standard InChI is InChI=1S/C16H16N2O3/c1-12-4-6-13(7-5-12)15(19)18-9-10-21-16(20)14-3-2-8-17-11-14/h2-8,11H,9-10H2,1H3,(H,18,19). The predicted octanol–water partition coefficient (Wildman–Crippen LogP) is 1.98. The van der Waals surface area contributed by atoms with Crippen molar-refractivity contribution in [2.24, 2.45) is 0 Å². The van der Waals surface area contributed by atoms with Crippen LogP contribution in [0.4, 0.5) is 0 Å². The Hall–Kier alpha value is -2.69. The smallest absolute Gasteiger partial charge is 0.339 e. The van der Waals surface area contributed by atoms with Crippen molar-refractivity contribution in [2.75, 3.05) is 13.2 Å². The second-order valence-electron chi connectivity index (χ2n) is 4.50. The number of hydrogen-bond donors (Lipinski definition) is 1. The molecule has 108 valence electrons. The molecule has 0 saturated heterocycles. The molecule has 1 heterocycles. The van der Waals surface area contributed by atoms with Gasteiger partial charge in [-0.15, -0.1) is 0 Å². The van der Waals surface area contributed by atoms with Crippen LogP contribution in [0.1, 0.15) is 26.3 Å². The summed E-state index contributed by atoms with van der Waals surface area (Å²) in [4.78, 5) is 27.3. The number of benzene rings is 1.